The molecule has 0 bridgehead atoms. The van der Waals surface area contributed by atoms with Crippen molar-refractivity contribution in [3.63, 3.8) is 0 Å². The van der Waals surface area contributed by atoms with Crippen LogP contribution in [0.1, 0.15) is 42.0 Å². The second-order valence-electron chi connectivity index (χ2n) is 10.1. The van der Waals surface area contributed by atoms with Crippen molar-refractivity contribution in [1.82, 2.24) is 4.98 Å². The summed E-state index contributed by atoms with van der Waals surface area (Å²) in [4.78, 5) is 31.4. The number of aromatic nitrogens is 1. The Labute approximate surface area is 235 Å². The van der Waals surface area contributed by atoms with Crippen molar-refractivity contribution in [3.8, 4) is 0 Å². The van der Waals surface area contributed by atoms with E-state index in [1.165, 1.54) is 24.3 Å². The standard InChI is InChI=1S/C31H29F3N4O3/c1-19-5-4-16-38(19)28-15-12-21(18-35-28)23(20-10-13-22(14-11-20)31(32,33)34)6-2-9-29(40)36-25-7-3-8-26-24(25)17-27(39)30(41)37-26/h2-3,6-15,18-19,27,39H,4-5,16-17H2,1H3,(H,36,40)(H,37,41)/b9-2+,23-6+. The Morgan fingerprint density at radius 1 is 1.12 bits per heavy atom. The van der Waals surface area contributed by atoms with Crippen LogP contribution in [0.4, 0.5) is 30.4 Å². The lowest BCUT2D eigenvalue weighted by molar-refractivity contribution is -0.137. The van der Waals surface area contributed by atoms with Gasteiger partial charge in [-0.25, -0.2) is 4.98 Å². The van der Waals surface area contributed by atoms with Crippen LogP contribution < -0.4 is 15.5 Å². The number of anilines is 3. The lowest BCUT2D eigenvalue weighted by Gasteiger charge is -2.23. The maximum absolute atomic E-state index is 13.2. The first-order chi connectivity index (χ1) is 19.6. The SMILES string of the molecule is CC1CCCN1c1ccc(/C(=C/C=C/C(=O)Nc2cccc3c2CC(O)C(=O)N3)c2ccc(C(F)(F)F)cc2)cn1. The molecule has 1 saturated heterocycles. The Morgan fingerprint density at radius 2 is 1.88 bits per heavy atom. The summed E-state index contributed by atoms with van der Waals surface area (Å²) in [6.07, 6.45) is 2.75. The van der Waals surface area contributed by atoms with Gasteiger partial charge in [0.15, 0.2) is 0 Å². The zero-order chi connectivity index (χ0) is 29.1. The lowest BCUT2D eigenvalue weighted by Crippen LogP contribution is -2.34. The first kappa shape index (κ1) is 28.1. The van der Waals surface area contributed by atoms with Crippen molar-refractivity contribution in [2.45, 2.75) is 44.5 Å². The van der Waals surface area contributed by atoms with Crippen molar-refractivity contribution in [2.75, 3.05) is 22.1 Å². The maximum atomic E-state index is 13.2. The Morgan fingerprint density at radius 3 is 2.54 bits per heavy atom. The molecular formula is C31H29F3N4O3. The van der Waals surface area contributed by atoms with E-state index in [0.29, 0.717) is 39.7 Å². The van der Waals surface area contributed by atoms with Crippen molar-refractivity contribution in [3.05, 3.63) is 101 Å². The molecule has 2 unspecified atom stereocenters. The van der Waals surface area contributed by atoms with E-state index >= 15 is 0 Å². The summed E-state index contributed by atoms with van der Waals surface area (Å²) in [5, 5.41) is 15.3. The number of nitrogens with zero attached hydrogens (tertiary/aromatic N) is 2. The fourth-order valence-corrected chi connectivity index (χ4v) is 5.14. The molecule has 1 fully saturated rings. The highest BCUT2D eigenvalue weighted by molar-refractivity contribution is 6.03. The Kier molecular flexibility index (Phi) is 7.94. The molecule has 5 rings (SSSR count). The third kappa shape index (κ3) is 6.33. The smallest absolute Gasteiger partial charge is 0.383 e. The monoisotopic (exact) mass is 562 g/mol. The number of allylic oxidation sites excluding steroid dienone is 2. The van der Waals surface area contributed by atoms with Gasteiger partial charge < -0.3 is 20.6 Å². The van der Waals surface area contributed by atoms with E-state index < -0.39 is 29.7 Å². The third-order valence-electron chi connectivity index (χ3n) is 7.33. The van der Waals surface area contributed by atoms with Crippen LogP contribution in [0.5, 0.6) is 0 Å². The van der Waals surface area contributed by atoms with Gasteiger partial charge in [-0.05, 0) is 67.3 Å². The number of aliphatic hydroxyl groups excluding tert-OH is 1. The van der Waals surface area contributed by atoms with Gasteiger partial charge in [-0.3, -0.25) is 9.59 Å². The minimum atomic E-state index is -4.45. The predicted octanol–water partition coefficient (Wildman–Crippen LogP) is 5.57. The minimum Gasteiger partial charge on any atom is -0.383 e. The quantitative estimate of drug-likeness (QED) is 0.270. The zero-order valence-corrected chi connectivity index (χ0v) is 22.3. The summed E-state index contributed by atoms with van der Waals surface area (Å²) < 4.78 is 39.5. The summed E-state index contributed by atoms with van der Waals surface area (Å²) in [5.74, 6) is -0.114. The van der Waals surface area contributed by atoms with Crippen LogP contribution in [0.25, 0.3) is 5.57 Å². The molecule has 10 heteroatoms. The molecule has 1 aromatic heterocycles. The molecule has 0 radical (unpaired) electrons. The molecule has 2 aliphatic rings. The second kappa shape index (κ2) is 11.6. The van der Waals surface area contributed by atoms with Crippen molar-refractivity contribution in [2.24, 2.45) is 0 Å². The lowest BCUT2D eigenvalue weighted by atomic mass is 9.97. The molecule has 0 spiro atoms. The molecule has 3 heterocycles. The Bertz CT molecular complexity index is 1500. The summed E-state index contributed by atoms with van der Waals surface area (Å²) in [5.41, 5.74) is 2.66. The summed E-state index contributed by atoms with van der Waals surface area (Å²) in [7, 11) is 0. The summed E-state index contributed by atoms with van der Waals surface area (Å²) >= 11 is 0. The first-order valence-corrected chi connectivity index (χ1v) is 13.3. The second-order valence-corrected chi connectivity index (χ2v) is 10.1. The number of nitrogens with one attached hydrogen (secondary N) is 2. The number of carbonyl (C=O) groups excluding carboxylic acids is 2. The van der Waals surface area contributed by atoms with Gasteiger partial charge in [0, 0.05) is 53.8 Å². The summed E-state index contributed by atoms with van der Waals surface area (Å²) in [6, 6.07) is 14.0. The number of hydrogen-bond acceptors (Lipinski definition) is 5. The maximum Gasteiger partial charge on any atom is 0.416 e. The van der Waals surface area contributed by atoms with Crippen LogP contribution in [-0.4, -0.2) is 40.6 Å². The fraction of sp³-hybridized carbons (Fsp3) is 0.258. The number of halogens is 3. The number of carbonyl (C=O) groups is 2. The number of benzene rings is 2. The predicted molar refractivity (Wildman–Crippen MR) is 151 cm³/mol. The minimum absolute atomic E-state index is 0.0680. The molecule has 2 aliphatic heterocycles. The van der Waals surface area contributed by atoms with E-state index in [-0.39, 0.29) is 6.42 Å². The van der Waals surface area contributed by atoms with Gasteiger partial charge in [0.1, 0.15) is 11.9 Å². The Balaban J connectivity index is 1.40. The van der Waals surface area contributed by atoms with Crippen LogP contribution in [0.3, 0.4) is 0 Å². The number of hydrogen-bond donors (Lipinski definition) is 3. The van der Waals surface area contributed by atoms with Gasteiger partial charge in [-0.1, -0.05) is 30.4 Å². The van der Waals surface area contributed by atoms with Crippen LogP contribution in [0, 0.1) is 0 Å². The molecule has 212 valence electrons. The molecule has 2 atom stereocenters. The van der Waals surface area contributed by atoms with E-state index in [1.807, 2.05) is 12.1 Å². The van der Waals surface area contributed by atoms with Crippen LogP contribution >= 0.6 is 0 Å². The van der Waals surface area contributed by atoms with Crippen molar-refractivity contribution < 1.29 is 27.9 Å². The average molecular weight is 563 g/mol. The molecular weight excluding hydrogens is 533 g/mol. The number of aliphatic hydroxyl groups is 1. The molecule has 0 aliphatic carbocycles. The molecule has 3 aromatic rings. The van der Waals surface area contributed by atoms with E-state index in [4.69, 9.17) is 0 Å². The van der Waals surface area contributed by atoms with Gasteiger partial charge in [0.25, 0.3) is 5.91 Å². The Hall–Kier alpha value is -4.44. The van der Waals surface area contributed by atoms with Crippen LogP contribution in [0.15, 0.2) is 79.0 Å². The molecule has 2 amide bonds. The number of pyridine rings is 1. The first-order valence-electron chi connectivity index (χ1n) is 13.3. The van der Waals surface area contributed by atoms with Gasteiger partial charge in [-0.2, -0.15) is 13.2 Å². The number of fused-ring (bicyclic) bond motifs is 1. The average Bonchev–Trinajstić information content (AvgIpc) is 3.38. The highest BCUT2D eigenvalue weighted by Crippen LogP contribution is 2.33. The molecule has 2 aromatic carbocycles. The number of alkyl halides is 3. The van der Waals surface area contributed by atoms with E-state index in [9.17, 15) is 27.9 Å². The highest BCUT2D eigenvalue weighted by Gasteiger charge is 2.30. The largest absolute Gasteiger partial charge is 0.416 e. The normalized spacial score (nSPS) is 19.3. The molecule has 3 N–H and O–H groups in total. The number of amides is 2. The molecule has 0 saturated carbocycles. The van der Waals surface area contributed by atoms with E-state index in [2.05, 4.69) is 27.4 Å². The van der Waals surface area contributed by atoms with Crippen molar-refractivity contribution >= 4 is 34.6 Å². The van der Waals surface area contributed by atoms with Gasteiger partial charge in [-0.15, -0.1) is 0 Å². The van der Waals surface area contributed by atoms with E-state index in [1.54, 1.807) is 30.5 Å². The van der Waals surface area contributed by atoms with Gasteiger partial charge in [0.05, 0.1) is 5.56 Å². The topological polar surface area (TPSA) is 94.6 Å². The molecule has 41 heavy (non-hydrogen) atoms. The molecule has 7 nitrogen and oxygen atoms in total. The zero-order valence-electron chi connectivity index (χ0n) is 22.3. The van der Waals surface area contributed by atoms with Crippen LogP contribution in [0.2, 0.25) is 0 Å². The van der Waals surface area contributed by atoms with E-state index in [0.717, 1.165) is 37.3 Å². The van der Waals surface area contributed by atoms with Crippen molar-refractivity contribution in [1.29, 1.82) is 0 Å². The summed E-state index contributed by atoms with van der Waals surface area (Å²) in [6.45, 7) is 3.07. The van der Waals surface area contributed by atoms with Gasteiger partial charge >= 0.3 is 6.18 Å². The van der Waals surface area contributed by atoms with Crippen LogP contribution in [-0.2, 0) is 22.2 Å². The number of rotatable bonds is 6. The highest BCUT2D eigenvalue weighted by atomic mass is 19.4. The van der Waals surface area contributed by atoms with Gasteiger partial charge in [0.2, 0.25) is 5.91 Å². The third-order valence-corrected chi connectivity index (χ3v) is 7.33. The fourth-order valence-electron chi connectivity index (χ4n) is 5.14.